The molecule has 21 heavy (non-hydrogen) atoms. The standard InChI is InChI=1S/C16H11ClN2O2/c1-19-8-11-16(21-14-5-3-2-4-12(14)19)15-10(18-11)6-9(17)7-13(15)20/h2-8,20H,1H3. The van der Waals surface area contributed by atoms with Crippen molar-refractivity contribution in [3.8, 4) is 11.5 Å². The van der Waals surface area contributed by atoms with Gasteiger partial charge in [0.15, 0.2) is 11.5 Å². The summed E-state index contributed by atoms with van der Waals surface area (Å²) in [5, 5.41) is 11.8. The summed E-state index contributed by atoms with van der Waals surface area (Å²) in [6, 6.07) is 10.9. The molecule has 0 aromatic heterocycles. The van der Waals surface area contributed by atoms with Gasteiger partial charge in [-0.2, -0.15) is 0 Å². The molecule has 2 aromatic carbocycles. The molecule has 5 heteroatoms. The average Bonchev–Trinajstić information content (AvgIpc) is 2.70. The second-order valence-electron chi connectivity index (χ2n) is 4.95. The van der Waals surface area contributed by atoms with Gasteiger partial charge in [-0.25, -0.2) is 4.99 Å². The zero-order valence-corrected chi connectivity index (χ0v) is 11.9. The summed E-state index contributed by atoms with van der Waals surface area (Å²) < 4.78 is 6.01. The lowest BCUT2D eigenvalue weighted by atomic mass is 10.2. The van der Waals surface area contributed by atoms with Crippen molar-refractivity contribution < 1.29 is 9.84 Å². The van der Waals surface area contributed by atoms with Gasteiger partial charge in [0.25, 0.3) is 0 Å². The van der Waals surface area contributed by atoms with Crippen LogP contribution in [0.5, 0.6) is 11.5 Å². The van der Waals surface area contributed by atoms with E-state index in [1.54, 1.807) is 6.07 Å². The number of rotatable bonds is 0. The molecule has 0 amide bonds. The van der Waals surface area contributed by atoms with E-state index in [4.69, 9.17) is 16.3 Å². The summed E-state index contributed by atoms with van der Waals surface area (Å²) in [5.74, 6) is 1.34. The molecule has 0 unspecified atom stereocenters. The number of hydrogen-bond acceptors (Lipinski definition) is 4. The summed E-state index contributed by atoms with van der Waals surface area (Å²) in [7, 11) is 1.93. The number of anilines is 1. The normalized spacial score (nSPS) is 15.2. The lowest BCUT2D eigenvalue weighted by Gasteiger charge is -2.14. The second-order valence-corrected chi connectivity index (χ2v) is 5.39. The Morgan fingerprint density at radius 1 is 1.24 bits per heavy atom. The maximum Gasteiger partial charge on any atom is 0.167 e. The first-order valence-corrected chi connectivity index (χ1v) is 6.85. The van der Waals surface area contributed by atoms with E-state index in [1.165, 1.54) is 6.07 Å². The smallest absolute Gasteiger partial charge is 0.167 e. The summed E-state index contributed by atoms with van der Waals surface area (Å²) in [5.41, 5.74) is 1.61. The van der Waals surface area contributed by atoms with Crippen molar-refractivity contribution in [1.29, 1.82) is 0 Å². The molecule has 0 atom stereocenters. The van der Waals surface area contributed by atoms with Crippen LogP contribution in [-0.2, 0) is 0 Å². The van der Waals surface area contributed by atoms with E-state index < -0.39 is 0 Å². The highest BCUT2D eigenvalue weighted by atomic mass is 35.5. The van der Waals surface area contributed by atoms with Gasteiger partial charge in [-0.3, -0.25) is 0 Å². The molecule has 0 fully saturated rings. The number of halogens is 1. The van der Waals surface area contributed by atoms with E-state index in [0.29, 0.717) is 27.1 Å². The topological polar surface area (TPSA) is 45.1 Å². The Morgan fingerprint density at radius 3 is 2.90 bits per heavy atom. The van der Waals surface area contributed by atoms with Crippen molar-refractivity contribution in [2.24, 2.45) is 4.99 Å². The SMILES string of the molecule is CN1C=C2N=c3cc(Cl)cc(O)c3=C2Oc2ccccc21. The highest BCUT2D eigenvalue weighted by Gasteiger charge is 2.24. The van der Waals surface area contributed by atoms with Crippen LogP contribution in [-0.4, -0.2) is 12.2 Å². The van der Waals surface area contributed by atoms with Crippen LogP contribution in [0.4, 0.5) is 5.69 Å². The summed E-state index contributed by atoms with van der Waals surface area (Å²) in [6.07, 6.45) is 1.88. The maximum atomic E-state index is 10.2. The van der Waals surface area contributed by atoms with Crippen molar-refractivity contribution in [3.63, 3.8) is 0 Å². The van der Waals surface area contributed by atoms with Crippen LogP contribution in [0.1, 0.15) is 0 Å². The quantitative estimate of drug-likeness (QED) is 0.810. The number of hydrogen-bond donors (Lipinski definition) is 1. The molecule has 4 rings (SSSR count). The lowest BCUT2D eigenvalue weighted by molar-refractivity contribution is 0.463. The zero-order chi connectivity index (χ0) is 14.6. The highest BCUT2D eigenvalue weighted by molar-refractivity contribution is 6.30. The minimum Gasteiger partial charge on any atom is -0.507 e. The molecule has 0 saturated carbocycles. The van der Waals surface area contributed by atoms with Crippen LogP contribution in [0.15, 0.2) is 53.3 Å². The van der Waals surface area contributed by atoms with Crippen molar-refractivity contribution in [3.05, 3.63) is 63.9 Å². The van der Waals surface area contributed by atoms with Crippen molar-refractivity contribution >= 4 is 23.0 Å². The van der Waals surface area contributed by atoms with E-state index in [2.05, 4.69) is 4.99 Å². The van der Waals surface area contributed by atoms with Crippen LogP contribution in [0.25, 0.3) is 5.76 Å². The average molecular weight is 299 g/mol. The molecule has 2 aliphatic heterocycles. The predicted molar refractivity (Wildman–Crippen MR) is 80.9 cm³/mol. The van der Waals surface area contributed by atoms with Gasteiger partial charge in [0.05, 0.1) is 16.3 Å². The first kappa shape index (κ1) is 12.3. The fourth-order valence-electron chi connectivity index (χ4n) is 2.60. The Bertz CT molecular complexity index is 918. The number of fused-ring (bicyclic) bond motifs is 3. The van der Waals surface area contributed by atoms with Gasteiger partial charge in [-0.15, -0.1) is 0 Å². The van der Waals surface area contributed by atoms with E-state index in [1.807, 2.05) is 42.4 Å². The number of phenolic OH excluding ortho intramolecular Hbond substituents is 1. The van der Waals surface area contributed by atoms with Gasteiger partial charge in [-0.05, 0) is 24.3 Å². The third kappa shape index (κ3) is 1.80. The molecule has 0 bridgehead atoms. The van der Waals surface area contributed by atoms with Crippen molar-refractivity contribution in [2.75, 3.05) is 11.9 Å². The van der Waals surface area contributed by atoms with E-state index in [9.17, 15) is 5.11 Å². The van der Waals surface area contributed by atoms with Gasteiger partial charge in [0.1, 0.15) is 11.4 Å². The number of aromatic hydroxyl groups is 1. The first-order chi connectivity index (χ1) is 10.1. The lowest BCUT2D eigenvalue weighted by Crippen LogP contribution is -2.24. The van der Waals surface area contributed by atoms with Gasteiger partial charge in [-0.1, -0.05) is 23.7 Å². The Balaban J connectivity index is 2.06. The van der Waals surface area contributed by atoms with E-state index >= 15 is 0 Å². The van der Waals surface area contributed by atoms with E-state index in [-0.39, 0.29) is 5.75 Å². The fraction of sp³-hybridized carbons (Fsp3) is 0.0625. The molecular weight excluding hydrogens is 288 g/mol. The van der Waals surface area contributed by atoms with Gasteiger partial charge < -0.3 is 14.7 Å². The molecule has 2 aromatic rings. The minimum absolute atomic E-state index is 0.0710. The molecule has 4 nitrogen and oxygen atoms in total. The molecule has 2 heterocycles. The molecule has 0 spiro atoms. The molecule has 0 radical (unpaired) electrons. The predicted octanol–water partition coefficient (Wildman–Crippen LogP) is 2.16. The molecule has 0 saturated heterocycles. The van der Waals surface area contributed by atoms with Crippen LogP contribution in [0, 0.1) is 0 Å². The Hall–Kier alpha value is -2.46. The molecule has 2 aliphatic rings. The summed E-state index contributed by atoms with van der Waals surface area (Å²) in [6.45, 7) is 0. The third-order valence-corrected chi connectivity index (χ3v) is 3.75. The number of ether oxygens (including phenoxy) is 1. The molecule has 104 valence electrons. The van der Waals surface area contributed by atoms with Crippen LogP contribution in [0.2, 0.25) is 5.02 Å². The van der Waals surface area contributed by atoms with Crippen molar-refractivity contribution in [2.45, 2.75) is 0 Å². The van der Waals surface area contributed by atoms with Gasteiger partial charge in [0, 0.05) is 18.3 Å². The monoisotopic (exact) mass is 298 g/mol. The van der Waals surface area contributed by atoms with Crippen LogP contribution in [0.3, 0.4) is 0 Å². The van der Waals surface area contributed by atoms with Crippen LogP contribution >= 0.6 is 11.6 Å². The number of benzene rings is 2. The minimum atomic E-state index is 0.0710. The summed E-state index contributed by atoms with van der Waals surface area (Å²) >= 11 is 5.97. The Morgan fingerprint density at radius 2 is 2.05 bits per heavy atom. The number of nitrogens with zero attached hydrogens (tertiary/aromatic N) is 2. The van der Waals surface area contributed by atoms with Crippen LogP contribution < -0.4 is 20.2 Å². The largest absolute Gasteiger partial charge is 0.507 e. The Kier molecular flexibility index (Phi) is 2.50. The highest BCUT2D eigenvalue weighted by Crippen LogP contribution is 2.35. The number of para-hydroxylation sites is 2. The third-order valence-electron chi connectivity index (χ3n) is 3.54. The van der Waals surface area contributed by atoms with Gasteiger partial charge >= 0.3 is 0 Å². The van der Waals surface area contributed by atoms with Crippen molar-refractivity contribution in [1.82, 2.24) is 0 Å². The Labute approximate surface area is 125 Å². The van der Waals surface area contributed by atoms with E-state index in [0.717, 1.165) is 11.4 Å². The molecular formula is C16H11ClN2O2. The first-order valence-electron chi connectivity index (χ1n) is 6.47. The maximum absolute atomic E-state index is 10.2. The molecule has 1 N–H and O–H groups in total. The fourth-order valence-corrected chi connectivity index (χ4v) is 2.80. The second kappa shape index (κ2) is 4.27. The molecule has 0 aliphatic carbocycles. The number of phenols is 1. The summed E-state index contributed by atoms with van der Waals surface area (Å²) in [4.78, 5) is 6.45. The van der Waals surface area contributed by atoms with Gasteiger partial charge in [0.2, 0.25) is 0 Å². The zero-order valence-electron chi connectivity index (χ0n) is 11.2.